The molecule has 112 valence electrons. The average molecular weight is 302 g/mol. The fraction of sp³-hybridized carbons (Fsp3) is 0.500. The maximum Gasteiger partial charge on any atom is 0.147 e. The van der Waals surface area contributed by atoms with Crippen LogP contribution >= 0.6 is 11.5 Å². The topological polar surface area (TPSA) is 55.0 Å². The van der Waals surface area contributed by atoms with Crippen molar-refractivity contribution in [2.75, 3.05) is 23.7 Å². The van der Waals surface area contributed by atoms with Gasteiger partial charge in [0.1, 0.15) is 10.8 Å². The van der Waals surface area contributed by atoms with E-state index in [1.165, 1.54) is 23.0 Å². The number of hydrogen-bond acceptors (Lipinski definition) is 5. The zero-order valence-electron chi connectivity index (χ0n) is 12.8. The van der Waals surface area contributed by atoms with E-state index in [1.807, 2.05) is 18.3 Å². The Balaban J connectivity index is 1.92. The normalized spacial score (nSPS) is 19.2. The summed E-state index contributed by atoms with van der Waals surface area (Å²) < 4.78 is 4.37. The summed E-state index contributed by atoms with van der Waals surface area (Å²) in [5.74, 6) is 1.32. The van der Waals surface area contributed by atoms with E-state index in [2.05, 4.69) is 35.0 Å². The predicted molar refractivity (Wildman–Crippen MR) is 89.5 cm³/mol. The second kappa shape index (κ2) is 5.30. The molecule has 0 amide bonds. The molecule has 0 saturated carbocycles. The molecule has 2 N–H and O–H groups in total. The molecule has 5 heteroatoms. The molecule has 0 radical (unpaired) electrons. The molecule has 2 aromatic heterocycles. The lowest BCUT2D eigenvalue weighted by molar-refractivity contribution is 0.263. The van der Waals surface area contributed by atoms with Crippen molar-refractivity contribution in [2.45, 2.75) is 27.2 Å². The zero-order valence-corrected chi connectivity index (χ0v) is 13.7. The zero-order chi connectivity index (χ0) is 15.0. The Hall–Kier alpha value is -1.62. The van der Waals surface area contributed by atoms with E-state index in [0.29, 0.717) is 17.2 Å². The third kappa shape index (κ3) is 2.75. The minimum absolute atomic E-state index is 0.347. The number of anilines is 2. The van der Waals surface area contributed by atoms with Crippen LogP contribution in [0.3, 0.4) is 0 Å². The Kier molecular flexibility index (Phi) is 3.61. The van der Waals surface area contributed by atoms with Crippen LogP contribution in [0.15, 0.2) is 24.5 Å². The first-order chi connectivity index (χ1) is 9.97. The Bertz CT molecular complexity index is 615. The molecule has 21 heavy (non-hydrogen) atoms. The standard InChI is InChI=1S/C16H22N4S/c1-16(2,3)12-6-8-20(10-12)15-13(14(17)19-21-15)11-5-4-7-18-9-11/h4-5,7,9,12H,6,8,10H2,1-3H3,(H2,17,19). The maximum absolute atomic E-state index is 6.11. The van der Waals surface area contributed by atoms with Crippen molar-refractivity contribution in [1.29, 1.82) is 0 Å². The highest BCUT2D eigenvalue weighted by Crippen LogP contribution is 2.43. The molecule has 3 heterocycles. The van der Waals surface area contributed by atoms with Crippen molar-refractivity contribution in [1.82, 2.24) is 9.36 Å². The number of hydrogen-bond donors (Lipinski definition) is 1. The third-order valence-corrected chi connectivity index (χ3v) is 5.27. The van der Waals surface area contributed by atoms with Crippen LogP contribution in [0.5, 0.6) is 0 Å². The van der Waals surface area contributed by atoms with Gasteiger partial charge < -0.3 is 10.6 Å². The summed E-state index contributed by atoms with van der Waals surface area (Å²) in [6, 6.07) is 3.99. The van der Waals surface area contributed by atoms with E-state index in [1.54, 1.807) is 6.20 Å². The summed E-state index contributed by atoms with van der Waals surface area (Å²) in [7, 11) is 0. The van der Waals surface area contributed by atoms with E-state index >= 15 is 0 Å². The lowest BCUT2D eigenvalue weighted by Gasteiger charge is -2.27. The van der Waals surface area contributed by atoms with Gasteiger partial charge in [-0.2, -0.15) is 4.37 Å². The molecule has 1 saturated heterocycles. The number of rotatable bonds is 2. The van der Waals surface area contributed by atoms with Crippen LogP contribution in [-0.2, 0) is 0 Å². The second-order valence-corrected chi connectivity index (χ2v) is 7.54. The summed E-state index contributed by atoms with van der Waals surface area (Å²) >= 11 is 1.50. The predicted octanol–water partition coefficient (Wildman–Crippen LogP) is 3.66. The first kappa shape index (κ1) is 14.3. The van der Waals surface area contributed by atoms with Crippen LogP contribution in [0, 0.1) is 11.3 Å². The smallest absolute Gasteiger partial charge is 0.147 e. The summed E-state index contributed by atoms with van der Waals surface area (Å²) in [5, 5.41) is 1.19. The molecular weight excluding hydrogens is 280 g/mol. The van der Waals surface area contributed by atoms with Crippen molar-refractivity contribution < 1.29 is 0 Å². The molecule has 4 nitrogen and oxygen atoms in total. The van der Waals surface area contributed by atoms with Gasteiger partial charge in [-0.15, -0.1) is 0 Å². The number of nitrogens with two attached hydrogens (primary N) is 1. The van der Waals surface area contributed by atoms with Gasteiger partial charge in [-0.05, 0) is 35.4 Å². The maximum atomic E-state index is 6.11. The first-order valence-electron chi connectivity index (χ1n) is 7.37. The van der Waals surface area contributed by atoms with E-state index < -0.39 is 0 Å². The van der Waals surface area contributed by atoms with Gasteiger partial charge in [0.25, 0.3) is 0 Å². The Morgan fingerprint density at radius 2 is 2.19 bits per heavy atom. The lowest BCUT2D eigenvalue weighted by Crippen LogP contribution is -2.25. The molecule has 1 aliphatic heterocycles. The van der Waals surface area contributed by atoms with Gasteiger partial charge in [0.15, 0.2) is 0 Å². The number of nitrogens with zero attached hydrogens (tertiary/aromatic N) is 3. The molecule has 3 rings (SSSR count). The number of pyridine rings is 1. The third-order valence-electron chi connectivity index (χ3n) is 4.35. The lowest BCUT2D eigenvalue weighted by atomic mass is 9.80. The Morgan fingerprint density at radius 1 is 1.38 bits per heavy atom. The highest BCUT2D eigenvalue weighted by atomic mass is 32.1. The summed E-state index contributed by atoms with van der Waals surface area (Å²) in [6.45, 7) is 9.13. The van der Waals surface area contributed by atoms with E-state index in [9.17, 15) is 0 Å². The van der Waals surface area contributed by atoms with Gasteiger partial charge >= 0.3 is 0 Å². The van der Waals surface area contributed by atoms with Gasteiger partial charge in [0.2, 0.25) is 0 Å². The average Bonchev–Trinajstić information content (AvgIpc) is 3.05. The largest absolute Gasteiger partial charge is 0.382 e. The molecule has 0 spiro atoms. The van der Waals surface area contributed by atoms with Crippen molar-refractivity contribution in [3.63, 3.8) is 0 Å². The van der Waals surface area contributed by atoms with E-state index in [-0.39, 0.29) is 0 Å². The van der Waals surface area contributed by atoms with Gasteiger partial charge in [0, 0.05) is 31.0 Å². The van der Waals surface area contributed by atoms with Gasteiger partial charge in [-0.1, -0.05) is 26.8 Å². The van der Waals surface area contributed by atoms with Crippen LogP contribution in [0.25, 0.3) is 11.1 Å². The number of nitrogen functional groups attached to an aromatic ring is 1. The SMILES string of the molecule is CC(C)(C)C1CCN(c2snc(N)c2-c2cccnc2)C1. The van der Waals surface area contributed by atoms with Gasteiger partial charge in [-0.25, -0.2) is 0 Å². The minimum Gasteiger partial charge on any atom is -0.382 e. The van der Waals surface area contributed by atoms with Crippen LogP contribution in [0.4, 0.5) is 10.8 Å². The van der Waals surface area contributed by atoms with Crippen molar-refractivity contribution >= 4 is 22.4 Å². The van der Waals surface area contributed by atoms with E-state index in [4.69, 9.17) is 5.73 Å². The van der Waals surface area contributed by atoms with Gasteiger partial charge in [0.05, 0.1) is 5.56 Å². The van der Waals surface area contributed by atoms with Crippen LogP contribution in [-0.4, -0.2) is 22.4 Å². The Labute approximate surface area is 130 Å². The number of aromatic nitrogens is 2. The molecule has 0 aromatic carbocycles. The van der Waals surface area contributed by atoms with E-state index in [0.717, 1.165) is 24.2 Å². The molecular formula is C16H22N4S. The molecule has 1 atom stereocenters. The molecule has 1 unspecified atom stereocenters. The van der Waals surface area contributed by atoms with Crippen molar-refractivity contribution in [2.24, 2.45) is 11.3 Å². The summed E-state index contributed by atoms with van der Waals surface area (Å²) in [5.41, 5.74) is 8.55. The van der Waals surface area contributed by atoms with Crippen molar-refractivity contribution in [3.8, 4) is 11.1 Å². The monoisotopic (exact) mass is 302 g/mol. The molecule has 1 aliphatic rings. The molecule has 0 aliphatic carbocycles. The van der Waals surface area contributed by atoms with Gasteiger partial charge in [-0.3, -0.25) is 4.98 Å². The quantitative estimate of drug-likeness (QED) is 0.920. The Morgan fingerprint density at radius 3 is 2.81 bits per heavy atom. The van der Waals surface area contributed by atoms with Crippen LogP contribution < -0.4 is 10.6 Å². The van der Waals surface area contributed by atoms with Crippen LogP contribution in [0.2, 0.25) is 0 Å². The van der Waals surface area contributed by atoms with Crippen LogP contribution in [0.1, 0.15) is 27.2 Å². The summed E-state index contributed by atoms with van der Waals surface area (Å²) in [6.07, 6.45) is 4.87. The first-order valence-corrected chi connectivity index (χ1v) is 8.14. The second-order valence-electron chi connectivity index (χ2n) is 6.79. The fourth-order valence-corrected chi connectivity index (χ4v) is 3.81. The molecule has 2 aromatic rings. The fourth-order valence-electron chi connectivity index (χ4n) is 2.94. The highest BCUT2D eigenvalue weighted by molar-refractivity contribution is 7.11. The van der Waals surface area contributed by atoms with Crippen molar-refractivity contribution in [3.05, 3.63) is 24.5 Å². The highest BCUT2D eigenvalue weighted by Gasteiger charge is 2.33. The molecule has 0 bridgehead atoms. The minimum atomic E-state index is 0.347. The molecule has 1 fully saturated rings. The summed E-state index contributed by atoms with van der Waals surface area (Å²) in [4.78, 5) is 6.64.